The SMILES string of the molecule is CCCCCCCCCCCCCC(=O)CCC(=O)CC. The molecule has 21 heavy (non-hydrogen) atoms. The Morgan fingerprint density at radius 2 is 0.952 bits per heavy atom. The zero-order valence-corrected chi connectivity index (χ0v) is 14.4. The molecule has 0 unspecified atom stereocenters. The van der Waals surface area contributed by atoms with Gasteiger partial charge in [-0.2, -0.15) is 0 Å². The van der Waals surface area contributed by atoms with Gasteiger partial charge in [-0.15, -0.1) is 0 Å². The molecule has 0 aliphatic heterocycles. The molecule has 0 N–H and O–H groups in total. The minimum Gasteiger partial charge on any atom is -0.300 e. The van der Waals surface area contributed by atoms with Gasteiger partial charge in [0.2, 0.25) is 0 Å². The van der Waals surface area contributed by atoms with Crippen molar-refractivity contribution in [1.29, 1.82) is 0 Å². The fourth-order valence-electron chi connectivity index (χ4n) is 2.57. The van der Waals surface area contributed by atoms with Crippen LogP contribution in [0.25, 0.3) is 0 Å². The second kappa shape index (κ2) is 15.7. The zero-order chi connectivity index (χ0) is 15.8. The van der Waals surface area contributed by atoms with E-state index >= 15 is 0 Å². The van der Waals surface area contributed by atoms with E-state index in [-0.39, 0.29) is 11.6 Å². The second-order valence-corrected chi connectivity index (χ2v) is 6.22. The van der Waals surface area contributed by atoms with Gasteiger partial charge in [0.1, 0.15) is 11.6 Å². The number of rotatable bonds is 16. The second-order valence-electron chi connectivity index (χ2n) is 6.22. The lowest BCUT2D eigenvalue weighted by Gasteiger charge is -2.03. The molecule has 0 aromatic heterocycles. The largest absolute Gasteiger partial charge is 0.300 e. The molecule has 0 aliphatic carbocycles. The summed E-state index contributed by atoms with van der Waals surface area (Å²) in [5.74, 6) is 0.481. The summed E-state index contributed by atoms with van der Waals surface area (Å²) in [6, 6.07) is 0. The molecule has 0 aliphatic rings. The number of carbonyl (C=O) groups is 2. The molecule has 0 spiro atoms. The van der Waals surface area contributed by atoms with E-state index in [1.807, 2.05) is 6.92 Å². The van der Waals surface area contributed by atoms with Crippen LogP contribution >= 0.6 is 0 Å². The van der Waals surface area contributed by atoms with Crippen LogP contribution in [0.1, 0.15) is 110 Å². The lowest BCUT2D eigenvalue weighted by atomic mass is 10.0. The summed E-state index contributed by atoms with van der Waals surface area (Å²) in [4.78, 5) is 22.7. The highest BCUT2D eigenvalue weighted by Gasteiger charge is 2.05. The Kier molecular flexibility index (Phi) is 15.2. The highest BCUT2D eigenvalue weighted by molar-refractivity contribution is 5.85. The van der Waals surface area contributed by atoms with Crippen molar-refractivity contribution >= 4 is 11.6 Å². The highest BCUT2D eigenvalue weighted by atomic mass is 16.1. The molecule has 0 aromatic carbocycles. The maximum Gasteiger partial charge on any atom is 0.133 e. The van der Waals surface area contributed by atoms with Crippen molar-refractivity contribution in [2.75, 3.05) is 0 Å². The van der Waals surface area contributed by atoms with Crippen molar-refractivity contribution in [3.05, 3.63) is 0 Å². The highest BCUT2D eigenvalue weighted by Crippen LogP contribution is 2.12. The molecule has 124 valence electrons. The minimum atomic E-state index is 0.210. The molecule has 0 heterocycles. The number of hydrogen-bond acceptors (Lipinski definition) is 2. The number of Topliss-reactive ketones (excluding diaryl/α,β-unsaturated/α-hetero) is 2. The van der Waals surface area contributed by atoms with Crippen molar-refractivity contribution < 1.29 is 9.59 Å². The van der Waals surface area contributed by atoms with Crippen LogP contribution < -0.4 is 0 Å². The molecule has 0 atom stereocenters. The van der Waals surface area contributed by atoms with E-state index in [1.165, 1.54) is 64.2 Å². The van der Waals surface area contributed by atoms with E-state index in [9.17, 15) is 9.59 Å². The predicted octanol–water partition coefficient (Wildman–Crippen LogP) is 6.02. The first-order chi connectivity index (χ1) is 10.2. The topological polar surface area (TPSA) is 34.1 Å². The first-order valence-corrected chi connectivity index (χ1v) is 9.24. The molecule has 2 heteroatoms. The summed E-state index contributed by atoms with van der Waals surface area (Å²) < 4.78 is 0. The Morgan fingerprint density at radius 3 is 1.43 bits per heavy atom. The van der Waals surface area contributed by atoms with E-state index in [4.69, 9.17) is 0 Å². The monoisotopic (exact) mass is 296 g/mol. The van der Waals surface area contributed by atoms with Gasteiger partial charge in [-0.1, -0.05) is 78.1 Å². The van der Waals surface area contributed by atoms with Gasteiger partial charge in [0, 0.05) is 25.7 Å². The van der Waals surface area contributed by atoms with Crippen LogP contribution in [-0.2, 0) is 9.59 Å². The molecule has 0 rings (SSSR count). The van der Waals surface area contributed by atoms with Gasteiger partial charge in [0.25, 0.3) is 0 Å². The molecule has 2 nitrogen and oxygen atoms in total. The van der Waals surface area contributed by atoms with Crippen molar-refractivity contribution in [3.63, 3.8) is 0 Å². The summed E-state index contributed by atoms with van der Waals surface area (Å²) in [5.41, 5.74) is 0. The summed E-state index contributed by atoms with van der Waals surface area (Å²) in [6.07, 6.45) is 16.5. The smallest absolute Gasteiger partial charge is 0.133 e. The van der Waals surface area contributed by atoms with Crippen molar-refractivity contribution in [2.24, 2.45) is 0 Å². The summed E-state index contributed by atoms with van der Waals surface area (Å²) in [6.45, 7) is 4.11. The van der Waals surface area contributed by atoms with E-state index in [2.05, 4.69) is 6.92 Å². The third kappa shape index (κ3) is 15.5. The Balaban J connectivity index is 3.18. The Hall–Kier alpha value is -0.660. The van der Waals surface area contributed by atoms with Crippen LogP contribution in [0.5, 0.6) is 0 Å². The standard InChI is InChI=1S/C19H36O2/c1-3-5-6-7-8-9-10-11-12-13-14-15-19(21)17-16-18(20)4-2/h3-17H2,1-2H3. The fraction of sp³-hybridized carbons (Fsp3) is 0.895. The summed E-state index contributed by atoms with van der Waals surface area (Å²) in [5, 5.41) is 0. The maximum atomic E-state index is 11.6. The Morgan fingerprint density at radius 1 is 0.524 bits per heavy atom. The molecule has 0 saturated carbocycles. The van der Waals surface area contributed by atoms with E-state index in [0.717, 1.165) is 6.42 Å². The van der Waals surface area contributed by atoms with Gasteiger partial charge >= 0.3 is 0 Å². The third-order valence-corrected chi connectivity index (χ3v) is 4.14. The minimum absolute atomic E-state index is 0.210. The molecular formula is C19H36O2. The van der Waals surface area contributed by atoms with Crippen molar-refractivity contribution in [3.8, 4) is 0 Å². The molecule has 0 amide bonds. The lowest BCUT2D eigenvalue weighted by Crippen LogP contribution is -2.03. The van der Waals surface area contributed by atoms with E-state index in [1.54, 1.807) is 0 Å². The predicted molar refractivity (Wildman–Crippen MR) is 90.6 cm³/mol. The quantitative estimate of drug-likeness (QED) is 0.326. The average Bonchev–Trinajstić information content (AvgIpc) is 2.50. The van der Waals surface area contributed by atoms with Gasteiger partial charge in [-0.05, 0) is 6.42 Å². The number of carbonyl (C=O) groups excluding carboxylic acids is 2. The number of ketones is 2. The average molecular weight is 296 g/mol. The van der Waals surface area contributed by atoms with Gasteiger partial charge in [0.05, 0.1) is 0 Å². The van der Waals surface area contributed by atoms with Gasteiger partial charge in [-0.25, -0.2) is 0 Å². The van der Waals surface area contributed by atoms with Crippen LogP contribution in [0.15, 0.2) is 0 Å². The normalized spacial score (nSPS) is 10.8. The Labute approximate surface area is 132 Å². The van der Waals surface area contributed by atoms with Crippen LogP contribution in [0.3, 0.4) is 0 Å². The summed E-state index contributed by atoms with van der Waals surface area (Å²) >= 11 is 0. The number of hydrogen-bond donors (Lipinski definition) is 0. The molecule has 0 saturated heterocycles. The third-order valence-electron chi connectivity index (χ3n) is 4.14. The molecule has 0 radical (unpaired) electrons. The van der Waals surface area contributed by atoms with Crippen LogP contribution in [0.4, 0.5) is 0 Å². The molecule has 0 fully saturated rings. The molecular weight excluding hydrogens is 260 g/mol. The zero-order valence-electron chi connectivity index (χ0n) is 14.4. The van der Waals surface area contributed by atoms with Crippen molar-refractivity contribution in [1.82, 2.24) is 0 Å². The maximum absolute atomic E-state index is 11.6. The first-order valence-electron chi connectivity index (χ1n) is 9.24. The summed E-state index contributed by atoms with van der Waals surface area (Å²) in [7, 11) is 0. The van der Waals surface area contributed by atoms with Gasteiger partial charge in [0.15, 0.2) is 0 Å². The Bertz CT molecular complexity index is 258. The number of unbranched alkanes of at least 4 members (excludes halogenated alkanes) is 10. The van der Waals surface area contributed by atoms with Gasteiger partial charge < -0.3 is 0 Å². The van der Waals surface area contributed by atoms with Gasteiger partial charge in [-0.3, -0.25) is 9.59 Å². The van der Waals surface area contributed by atoms with Crippen LogP contribution in [-0.4, -0.2) is 11.6 Å². The van der Waals surface area contributed by atoms with E-state index < -0.39 is 0 Å². The fourth-order valence-corrected chi connectivity index (χ4v) is 2.57. The molecule has 0 aromatic rings. The lowest BCUT2D eigenvalue weighted by molar-refractivity contribution is -0.124. The van der Waals surface area contributed by atoms with Crippen LogP contribution in [0, 0.1) is 0 Å². The van der Waals surface area contributed by atoms with Crippen LogP contribution in [0.2, 0.25) is 0 Å². The van der Waals surface area contributed by atoms with Crippen molar-refractivity contribution in [2.45, 2.75) is 110 Å². The van der Waals surface area contributed by atoms with E-state index in [0.29, 0.717) is 25.7 Å². The molecule has 0 bridgehead atoms. The first kappa shape index (κ1) is 20.3.